The number of primary amides is 1. The van der Waals surface area contributed by atoms with Crippen molar-refractivity contribution in [2.24, 2.45) is 5.73 Å². The number of benzene rings is 1. The Hall–Kier alpha value is -3.88. The Morgan fingerprint density at radius 3 is 2.62 bits per heavy atom. The fraction of sp³-hybridized carbons (Fsp3) is 0.200. The Kier molecular flexibility index (Phi) is 4.63. The van der Waals surface area contributed by atoms with Crippen molar-refractivity contribution in [2.45, 2.75) is 13.0 Å². The molecule has 0 fully saturated rings. The van der Waals surface area contributed by atoms with Gasteiger partial charge in [0.15, 0.2) is 17.3 Å². The van der Waals surface area contributed by atoms with Gasteiger partial charge in [-0.3, -0.25) is 9.78 Å². The average Bonchev–Trinajstić information content (AvgIpc) is 3.16. The van der Waals surface area contributed by atoms with E-state index in [0.29, 0.717) is 40.2 Å². The van der Waals surface area contributed by atoms with E-state index in [9.17, 15) is 4.79 Å². The van der Waals surface area contributed by atoms with Crippen LogP contribution < -0.4 is 20.5 Å². The molecular formula is C20H20N6O3. The summed E-state index contributed by atoms with van der Waals surface area (Å²) in [6, 6.07) is 10.3. The van der Waals surface area contributed by atoms with Gasteiger partial charge in [-0.1, -0.05) is 6.07 Å². The fourth-order valence-corrected chi connectivity index (χ4v) is 3.38. The molecule has 2 aromatic heterocycles. The van der Waals surface area contributed by atoms with Crippen molar-refractivity contribution in [3.63, 3.8) is 0 Å². The number of nitrogens with two attached hydrogens (primary N) is 1. The van der Waals surface area contributed by atoms with Crippen molar-refractivity contribution in [1.29, 1.82) is 0 Å². The first-order chi connectivity index (χ1) is 14.0. The van der Waals surface area contributed by atoms with Gasteiger partial charge in [0.2, 0.25) is 11.9 Å². The summed E-state index contributed by atoms with van der Waals surface area (Å²) in [5.74, 6) is 1.60. The van der Waals surface area contributed by atoms with Crippen molar-refractivity contribution in [2.75, 3.05) is 19.5 Å². The summed E-state index contributed by atoms with van der Waals surface area (Å²) >= 11 is 0. The lowest BCUT2D eigenvalue weighted by Gasteiger charge is -2.26. The lowest BCUT2D eigenvalue weighted by Crippen LogP contribution is -2.32. The molecule has 0 radical (unpaired) electrons. The monoisotopic (exact) mass is 392 g/mol. The molecule has 1 aliphatic rings. The van der Waals surface area contributed by atoms with Crippen molar-refractivity contribution >= 4 is 11.9 Å². The van der Waals surface area contributed by atoms with Crippen LogP contribution in [0.25, 0.3) is 11.4 Å². The number of pyridine rings is 1. The largest absolute Gasteiger partial charge is 0.493 e. The van der Waals surface area contributed by atoms with Gasteiger partial charge >= 0.3 is 0 Å². The number of anilines is 1. The second-order valence-electron chi connectivity index (χ2n) is 6.46. The molecule has 0 spiro atoms. The van der Waals surface area contributed by atoms with Crippen LogP contribution in [0.1, 0.15) is 18.7 Å². The number of ether oxygens (including phenoxy) is 2. The third kappa shape index (κ3) is 3.16. The molecule has 0 unspecified atom stereocenters. The Labute approximate surface area is 167 Å². The molecule has 1 atom stereocenters. The van der Waals surface area contributed by atoms with E-state index in [2.05, 4.69) is 20.4 Å². The minimum atomic E-state index is -0.577. The summed E-state index contributed by atoms with van der Waals surface area (Å²) in [4.78, 5) is 21.2. The molecule has 0 saturated heterocycles. The number of rotatable bonds is 5. The number of allylic oxidation sites excluding steroid dienone is 1. The van der Waals surface area contributed by atoms with Gasteiger partial charge in [0, 0.05) is 17.5 Å². The molecule has 0 saturated carbocycles. The smallest absolute Gasteiger partial charge is 0.248 e. The van der Waals surface area contributed by atoms with Crippen LogP contribution in [0.15, 0.2) is 53.9 Å². The lowest BCUT2D eigenvalue weighted by atomic mass is 9.99. The van der Waals surface area contributed by atoms with E-state index >= 15 is 0 Å². The van der Waals surface area contributed by atoms with Gasteiger partial charge in [-0.2, -0.15) is 4.98 Å². The van der Waals surface area contributed by atoms with Crippen molar-refractivity contribution in [3.8, 4) is 22.9 Å². The molecule has 1 aromatic carbocycles. The average molecular weight is 392 g/mol. The first-order valence-corrected chi connectivity index (χ1v) is 8.91. The van der Waals surface area contributed by atoms with Gasteiger partial charge in [0.1, 0.15) is 6.04 Å². The standard InChI is InChI=1S/C20H20N6O3/c1-11-16(18(21)27)17(13-6-4-5-9-22-13)26-20(23-11)24-19(25-26)12-7-8-14(28-2)15(10-12)29-3/h4-10,17H,1-3H3,(H2,21,27)(H,23,24,25)/t17-/m1/s1. The normalized spacial score (nSPS) is 15.5. The summed E-state index contributed by atoms with van der Waals surface area (Å²) in [7, 11) is 3.14. The Morgan fingerprint density at radius 2 is 1.97 bits per heavy atom. The predicted molar refractivity (Wildman–Crippen MR) is 106 cm³/mol. The third-order valence-electron chi connectivity index (χ3n) is 4.73. The number of nitrogens with one attached hydrogen (secondary N) is 1. The van der Waals surface area contributed by atoms with Gasteiger partial charge < -0.3 is 20.5 Å². The van der Waals surface area contributed by atoms with Crippen molar-refractivity contribution < 1.29 is 14.3 Å². The highest BCUT2D eigenvalue weighted by Crippen LogP contribution is 2.36. The number of amides is 1. The van der Waals surface area contributed by atoms with Gasteiger partial charge in [0.05, 0.1) is 25.5 Å². The SMILES string of the molecule is COc1ccc(-c2nc3n(n2)[C@H](c2ccccn2)C(C(N)=O)=C(C)N3)cc1OC. The van der Waals surface area contributed by atoms with Crippen molar-refractivity contribution in [3.05, 3.63) is 59.6 Å². The molecule has 29 heavy (non-hydrogen) atoms. The predicted octanol–water partition coefficient (Wildman–Crippen LogP) is 2.13. The molecule has 148 valence electrons. The maximum Gasteiger partial charge on any atom is 0.248 e. The molecular weight excluding hydrogens is 372 g/mol. The summed E-state index contributed by atoms with van der Waals surface area (Å²) in [5, 5.41) is 7.76. The van der Waals surface area contributed by atoms with Crippen LogP contribution in [0.5, 0.6) is 11.5 Å². The van der Waals surface area contributed by atoms with Crippen LogP contribution in [-0.4, -0.2) is 39.9 Å². The van der Waals surface area contributed by atoms with Gasteiger partial charge in [0.25, 0.3) is 0 Å². The highest BCUT2D eigenvalue weighted by atomic mass is 16.5. The van der Waals surface area contributed by atoms with Crippen LogP contribution in [-0.2, 0) is 4.79 Å². The maximum absolute atomic E-state index is 12.2. The molecule has 0 aliphatic carbocycles. The van der Waals surface area contributed by atoms with Gasteiger partial charge in [-0.05, 0) is 37.3 Å². The highest BCUT2D eigenvalue weighted by molar-refractivity contribution is 5.95. The zero-order chi connectivity index (χ0) is 20.5. The Balaban J connectivity index is 1.84. The van der Waals surface area contributed by atoms with Crippen LogP contribution in [0.3, 0.4) is 0 Å². The number of fused-ring (bicyclic) bond motifs is 1. The number of nitrogens with zero attached hydrogens (tertiary/aromatic N) is 4. The van der Waals surface area contributed by atoms with E-state index in [0.717, 1.165) is 5.56 Å². The van der Waals surface area contributed by atoms with E-state index in [1.54, 1.807) is 44.2 Å². The molecule has 3 heterocycles. The maximum atomic E-state index is 12.2. The molecule has 9 heteroatoms. The van der Waals surface area contributed by atoms with E-state index in [-0.39, 0.29) is 0 Å². The second kappa shape index (κ2) is 7.27. The number of hydrogen-bond donors (Lipinski definition) is 2. The van der Waals surface area contributed by atoms with Gasteiger partial charge in [-0.15, -0.1) is 5.10 Å². The topological polar surface area (TPSA) is 117 Å². The molecule has 1 amide bonds. The molecule has 3 aromatic rings. The Morgan fingerprint density at radius 1 is 1.17 bits per heavy atom. The van der Waals surface area contributed by atoms with E-state index in [1.807, 2.05) is 24.3 Å². The summed E-state index contributed by atoms with van der Waals surface area (Å²) in [5.41, 5.74) is 8.07. The highest BCUT2D eigenvalue weighted by Gasteiger charge is 2.34. The lowest BCUT2D eigenvalue weighted by molar-refractivity contribution is -0.115. The zero-order valence-corrected chi connectivity index (χ0v) is 16.2. The molecule has 0 bridgehead atoms. The Bertz CT molecular complexity index is 1110. The first-order valence-electron chi connectivity index (χ1n) is 8.91. The minimum Gasteiger partial charge on any atom is -0.493 e. The summed E-state index contributed by atoms with van der Waals surface area (Å²) in [6.07, 6.45) is 1.66. The molecule has 1 aliphatic heterocycles. The molecule has 3 N–H and O–H groups in total. The summed E-state index contributed by atoms with van der Waals surface area (Å²) in [6.45, 7) is 1.78. The molecule has 4 rings (SSSR count). The zero-order valence-electron chi connectivity index (χ0n) is 16.2. The van der Waals surface area contributed by atoms with Crippen LogP contribution >= 0.6 is 0 Å². The van der Waals surface area contributed by atoms with Crippen LogP contribution in [0.2, 0.25) is 0 Å². The number of carbonyl (C=O) groups is 1. The number of aromatic nitrogens is 4. The first kappa shape index (κ1) is 18.5. The minimum absolute atomic E-state index is 0.389. The number of carbonyl (C=O) groups excluding carboxylic acids is 1. The molecule has 9 nitrogen and oxygen atoms in total. The third-order valence-corrected chi connectivity index (χ3v) is 4.73. The van der Waals surface area contributed by atoms with Crippen molar-refractivity contribution in [1.82, 2.24) is 19.7 Å². The fourth-order valence-electron chi connectivity index (χ4n) is 3.38. The number of methoxy groups -OCH3 is 2. The van der Waals surface area contributed by atoms with E-state index in [4.69, 9.17) is 15.2 Å². The van der Waals surface area contributed by atoms with E-state index < -0.39 is 11.9 Å². The van der Waals surface area contributed by atoms with E-state index in [1.165, 1.54) is 0 Å². The van der Waals surface area contributed by atoms with Gasteiger partial charge in [-0.25, -0.2) is 4.68 Å². The van der Waals surface area contributed by atoms with Crippen LogP contribution in [0, 0.1) is 0 Å². The number of hydrogen-bond acceptors (Lipinski definition) is 7. The summed E-state index contributed by atoms with van der Waals surface area (Å²) < 4.78 is 12.3. The van der Waals surface area contributed by atoms with Crippen LogP contribution in [0.4, 0.5) is 5.95 Å². The second-order valence-corrected chi connectivity index (χ2v) is 6.46. The quantitative estimate of drug-likeness (QED) is 0.683.